The van der Waals surface area contributed by atoms with Crippen molar-refractivity contribution in [2.45, 2.75) is 0 Å². The number of nitrogens with zero attached hydrogens (tertiary/aromatic N) is 2. The van der Waals surface area contributed by atoms with E-state index in [0.717, 1.165) is 26.2 Å². The minimum absolute atomic E-state index is 0.0651. The number of anilines is 1. The van der Waals surface area contributed by atoms with Gasteiger partial charge < -0.3 is 25.2 Å². The van der Waals surface area contributed by atoms with Crippen LogP contribution in [-0.4, -0.2) is 77.6 Å². The average molecular weight is 450 g/mol. The lowest BCUT2D eigenvalue weighted by Gasteiger charge is -2.31. The molecule has 0 radical (unpaired) electrons. The number of rotatable bonds is 5. The van der Waals surface area contributed by atoms with E-state index in [1.165, 1.54) is 0 Å². The maximum Gasteiger partial charge on any atom is 0.414 e. The summed E-state index contributed by atoms with van der Waals surface area (Å²) in [7, 11) is 2.09. The third-order valence-corrected chi connectivity index (χ3v) is 4.57. The summed E-state index contributed by atoms with van der Waals surface area (Å²) in [6.45, 7) is 4.12. The van der Waals surface area contributed by atoms with Crippen LogP contribution in [0.3, 0.4) is 0 Å². The first-order valence-corrected chi connectivity index (χ1v) is 9.82. The summed E-state index contributed by atoms with van der Waals surface area (Å²) in [5.41, 5.74) is 0.579. The normalized spacial score (nSPS) is 14.1. The van der Waals surface area contributed by atoms with E-state index >= 15 is 0 Å². The van der Waals surface area contributed by atoms with Crippen LogP contribution in [0, 0.1) is 0 Å². The largest absolute Gasteiger partial charge is 0.473 e. The number of carbonyl (C=O) groups is 3. The molecule has 2 aromatic carbocycles. The van der Waals surface area contributed by atoms with E-state index in [-0.39, 0.29) is 5.91 Å². The summed E-state index contributed by atoms with van der Waals surface area (Å²) >= 11 is 6.09. The van der Waals surface area contributed by atoms with Crippen LogP contribution in [0.5, 0.6) is 11.5 Å². The first-order chi connectivity index (χ1) is 14.7. The lowest BCUT2D eigenvalue weighted by molar-refractivity contribution is -0.159. The molecule has 0 bridgehead atoms. The Hall–Kier alpha value is -3.14. The van der Waals surface area contributed by atoms with Gasteiger partial charge in [-0.25, -0.2) is 9.59 Å². The van der Waals surface area contributed by atoms with Crippen molar-refractivity contribution in [1.82, 2.24) is 9.80 Å². The van der Waals surface area contributed by atoms with Gasteiger partial charge in [-0.15, -0.1) is 0 Å². The summed E-state index contributed by atoms with van der Waals surface area (Å²) in [5.74, 6) is -2.43. The van der Waals surface area contributed by atoms with Crippen LogP contribution in [0.15, 0.2) is 48.5 Å². The maximum absolute atomic E-state index is 12.4. The maximum atomic E-state index is 12.4. The van der Waals surface area contributed by atoms with Crippen molar-refractivity contribution in [1.29, 1.82) is 0 Å². The van der Waals surface area contributed by atoms with Gasteiger partial charge in [0.05, 0.1) is 12.2 Å². The van der Waals surface area contributed by atoms with Crippen LogP contribution in [0.1, 0.15) is 0 Å². The smallest absolute Gasteiger partial charge is 0.414 e. The van der Waals surface area contributed by atoms with E-state index in [9.17, 15) is 4.79 Å². The first kappa shape index (κ1) is 24.1. The van der Waals surface area contributed by atoms with Crippen molar-refractivity contribution >= 4 is 35.1 Å². The van der Waals surface area contributed by atoms with Gasteiger partial charge in [0, 0.05) is 31.2 Å². The van der Waals surface area contributed by atoms with E-state index < -0.39 is 11.9 Å². The fourth-order valence-electron chi connectivity index (χ4n) is 2.70. The highest BCUT2D eigenvalue weighted by Crippen LogP contribution is 2.32. The number of para-hydroxylation sites is 1. The van der Waals surface area contributed by atoms with Gasteiger partial charge >= 0.3 is 11.9 Å². The molecular weight excluding hydrogens is 426 g/mol. The highest BCUT2D eigenvalue weighted by Gasteiger charge is 2.17. The van der Waals surface area contributed by atoms with Crippen LogP contribution in [0.25, 0.3) is 0 Å². The zero-order valence-electron chi connectivity index (χ0n) is 17.0. The number of benzene rings is 2. The predicted octanol–water partition coefficient (Wildman–Crippen LogP) is 2.47. The number of likely N-dealkylation sites (N-methyl/N-ethyl adjacent to an activating group) is 1. The Morgan fingerprint density at radius 2 is 1.61 bits per heavy atom. The number of piperazine rings is 1. The molecule has 1 aliphatic heterocycles. The van der Waals surface area contributed by atoms with Gasteiger partial charge in [0.2, 0.25) is 5.91 Å². The minimum Gasteiger partial charge on any atom is -0.473 e. The van der Waals surface area contributed by atoms with Crippen molar-refractivity contribution in [2.24, 2.45) is 0 Å². The fourth-order valence-corrected chi connectivity index (χ4v) is 2.88. The van der Waals surface area contributed by atoms with Crippen molar-refractivity contribution < 1.29 is 29.3 Å². The number of amides is 1. The van der Waals surface area contributed by atoms with E-state index in [1.807, 2.05) is 30.3 Å². The monoisotopic (exact) mass is 449 g/mol. The number of carbonyl (C=O) groups excluding carboxylic acids is 1. The Morgan fingerprint density at radius 3 is 2.19 bits per heavy atom. The summed E-state index contributed by atoms with van der Waals surface area (Å²) in [5, 5.41) is 18.3. The number of nitrogens with one attached hydrogen (secondary N) is 1. The second-order valence-corrected chi connectivity index (χ2v) is 7.23. The predicted molar refractivity (Wildman–Crippen MR) is 116 cm³/mol. The van der Waals surface area contributed by atoms with Crippen molar-refractivity contribution in [3.63, 3.8) is 0 Å². The van der Waals surface area contributed by atoms with Gasteiger partial charge in [-0.05, 0) is 37.4 Å². The van der Waals surface area contributed by atoms with Crippen molar-refractivity contribution in [2.75, 3.05) is 45.1 Å². The molecule has 0 saturated carbocycles. The quantitative estimate of drug-likeness (QED) is 0.595. The van der Waals surface area contributed by atoms with Gasteiger partial charge in [0.15, 0.2) is 5.75 Å². The number of carboxylic acid groups (broad SMARTS) is 2. The molecule has 0 spiro atoms. The molecule has 0 atom stereocenters. The number of carboxylic acids is 2. The Bertz CT molecular complexity index is 889. The zero-order valence-corrected chi connectivity index (χ0v) is 17.7. The highest BCUT2D eigenvalue weighted by atomic mass is 35.5. The van der Waals surface area contributed by atoms with Crippen LogP contribution < -0.4 is 10.1 Å². The topological polar surface area (TPSA) is 119 Å². The second-order valence-electron chi connectivity index (χ2n) is 6.79. The molecule has 1 aliphatic rings. The lowest BCUT2D eigenvalue weighted by Crippen LogP contribution is -2.47. The molecule has 2 aromatic rings. The van der Waals surface area contributed by atoms with Gasteiger partial charge in [0.1, 0.15) is 5.75 Å². The van der Waals surface area contributed by atoms with Crippen LogP contribution >= 0.6 is 11.6 Å². The summed E-state index contributed by atoms with van der Waals surface area (Å²) in [6, 6.07) is 14.7. The zero-order chi connectivity index (χ0) is 22.8. The Labute approximate surface area is 184 Å². The molecule has 1 amide bonds. The number of hydrogen-bond acceptors (Lipinski definition) is 6. The van der Waals surface area contributed by atoms with E-state index in [2.05, 4.69) is 22.2 Å². The van der Waals surface area contributed by atoms with Crippen molar-refractivity contribution in [3.8, 4) is 11.5 Å². The molecule has 1 heterocycles. The molecule has 10 heteroatoms. The molecule has 0 aromatic heterocycles. The molecule has 0 aliphatic carbocycles. The second kappa shape index (κ2) is 11.9. The summed E-state index contributed by atoms with van der Waals surface area (Å²) < 4.78 is 5.88. The molecule has 1 fully saturated rings. The molecule has 0 unspecified atom stereocenters. The van der Waals surface area contributed by atoms with Crippen LogP contribution in [-0.2, 0) is 14.4 Å². The first-order valence-electron chi connectivity index (χ1n) is 9.44. The highest BCUT2D eigenvalue weighted by molar-refractivity contribution is 6.31. The number of hydrogen-bond donors (Lipinski definition) is 3. The standard InChI is InChI=1S/C19H22ClN3O2.C2H2O4/c1-22-9-11-23(12-10-22)14-19(24)21-17-13-15(20)7-8-18(17)25-16-5-3-2-4-6-16;3-1(4)2(5)6/h2-8,13H,9-12,14H2,1H3,(H,21,24);(H,3,4)(H,5,6). The van der Waals surface area contributed by atoms with E-state index in [1.54, 1.807) is 18.2 Å². The molecule has 3 N–H and O–H groups in total. The molecule has 9 nitrogen and oxygen atoms in total. The number of aliphatic carboxylic acids is 2. The van der Waals surface area contributed by atoms with E-state index in [4.69, 9.17) is 36.1 Å². The van der Waals surface area contributed by atoms with E-state index in [0.29, 0.717) is 28.8 Å². The number of halogens is 1. The Morgan fingerprint density at radius 1 is 1.00 bits per heavy atom. The third-order valence-electron chi connectivity index (χ3n) is 4.33. The van der Waals surface area contributed by atoms with Crippen molar-refractivity contribution in [3.05, 3.63) is 53.6 Å². The summed E-state index contributed by atoms with van der Waals surface area (Å²) in [6.07, 6.45) is 0. The van der Waals surface area contributed by atoms with Gasteiger partial charge in [-0.1, -0.05) is 29.8 Å². The number of ether oxygens (including phenoxy) is 1. The van der Waals surface area contributed by atoms with Crippen LogP contribution in [0.4, 0.5) is 5.69 Å². The Balaban J connectivity index is 0.000000501. The fraction of sp³-hybridized carbons (Fsp3) is 0.286. The molecule has 1 saturated heterocycles. The molecule has 3 rings (SSSR count). The van der Waals surface area contributed by atoms with Gasteiger partial charge in [0.25, 0.3) is 0 Å². The SMILES string of the molecule is CN1CCN(CC(=O)Nc2cc(Cl)ccc2Oc2ccccc2)CC1.O=C(O)C(=O)O. The average Bonchev–Trinajstić information content (AvgIpc) is 2.73. The molecule has 31 heavy (non-hydrogen) atoms. The van der Waals surface area contributed by atoms with Gasteiger partial charge in [-0.2, -0.15) is 0 Å². The Kier molecular flexibility index (Phi) is 9.26. The van der Waals surface area contributed by atoms with Gasteiger partial charge in [-0.3, -0.25) is 9.69 Å². The van der Waals surface area contributed by atoms with Crippen LogP contribution in [0.2, 0.25) is 5.02 Å². The minimum atomic E-state index is -1.82. The molecule has 166 valence electrons. The third kappa shape index (κ3) is 8.63. The molecular formula is C21H24ClN3O6. The lowest BCUT2D eigenvalue weighted by atomic mass is 10.2. The summed E-state index contributed by atoms with van der Waals surface area (Å²) in [4.78, 5) is 35.0.